The van der Waals surface area contributed by atoms with Crippen LogP contribution in [0.1, 0.15) is 23.3 Å². The van der Waals surface area contributed by atoms with Gasteiger partial charge in [0.05, 0.1) is 6.54 Å². The van der Waals surface area contributed by atoms with Crippen LogP contribution in [-0.4, -0.2) is 18.9 Å². The second-order valence-electron chi connectivity index (χ2n) is 6.23. The highest BCUT2D eigenvalue weighted by Gasteiger charge is 2.40. The summed E-state index contributed by atoms with van der Waals surface area (Å²) in [6, 6.07) is 12.9. The van der Waals surface area contributed by atoms with Gasteiger partial charge in [0.25, 0.3) is 0 Å². The molecule has 0 amide bonds. The Morgan fingerprint density at radius 3 is 2.77 bits per heavy atom. The number of benzene rings is 1. The van der Waals surface area contributed by atoms with E-state index in [1.165, 1.54) is 22.0 Å². The number of nitrogens with zero attached hydrogens (tertiary/aromatic N) is 1. The predicted octanol–water partition coefficient (Wildman–Crippen LogP) is 3.68. The van der Waals surface area contributed by atoms with Crippen molar-refractivity contribution in [1.29, 1.82) is 0 Å². The molecule has 1 saturated heterocycles. The fraction of sp³-hybridized carbons (Fsp3) is 0.389. The summed E-state index contributed by atoms with van der Waals surface area (Å²) in [4.78, 5) is 6.32. The molecule has 2 aliphatic heterocycles. The smallest absolute Gasteiger partial charge is 0.108 e. The third kappa shape index (κ3) is 2.57. The summed E-state index contributed by atoms with van der Waals surface area (Å²) < 4.78 is 0. The second-order valence-corrected chi connectivity index (χ2v) is 7.27. The summed E-state index contributed by atoms with van der Waals surface area (Å²) >= 11 is 1.78. The highest BCUT2D eigenvalue weighted by molar-refractivity contribution is 7.09. The zero-order valence-electron chi connectivity index (χ0n) is 12.6. The Hall–Kier alpha value is -1.65. The molecule has 3 nitrogen and oxygen atoms in total. The van der Waals surface area contributed by atoms with E-state index in [9.17, 15) is 0 Å². The van der Waals surface area contributed by atoms with E-state index in [1.54, 1.807) is 11.3 Å². The number of para-hydroxylation sites is 1. The average molecular weight is 311 g/mol. The minimum absolute atomic E-state index is 0.191. The van der Waals surface area contributed by atoms with E-state index in [2.05, 4.69) is 52.4 Å². The minimum atomic E-state index is 0.191. The van der Waals surface area contributed by atoms with Gasteiger partial charge < -0.3 is 10.6 Å². The molecule has 0 unspecified atom stereocenters. The highest BCUT2D eigenvalue weighted by atomic mass is 32.1. The van der Waals surface area contributed by atoms with Crippen molar-refractivity contribution in [1.82, 2.24) is 5.32 Å². The number of hydrogen-bond acceptors (Lipinski definition) is 3. The lowest BCUT2D eigenvalue weighted by Gasteiger charge is -2.42. The maximum atomic E-state index is 4.99. The summed E-state index contributed by atoms with van der Waals surface area (Å²) in [5.41, 5.74) is 2.85. The van der Waals surface area contributed by atoms with Crippen molar-refractivity contribution in [2.24, 2.45) is 10.4 Å². The molecular weight excluding hydrogens is 290 g/mol. The number of anilines is 1. The number of amidine groups is 1. The Labute approximate surface area is 135 Å². The second kappa shape index (κ2) is 5.86. The topological polar surface area (TPSA) is 36.4 Å². The molecule has 114 valence electrons. The first kappa shape index (κ1) is 14.0. The van der Waals surface area contributed by atoms with Crippen LogP contribution in [0, 0.1) is 5.41 Å². The van der Waals surface area contributed by atoms with Gasteiger partial charge in [-0.25, -0.2) is 0 Å². The van der Waals surface area contributed by atoms with Crippen LogP contribution in [0.25, 0.3) is 0 Å². The standard InChI is InChI=1S/C18H21N3S/c1-2-6-16-14(4-1)12-18(7-9-19-10-8-18)17(21-16)20-13-15-5-3-11-22-15/h1-6,11,19H,7-10,12-13H2,(H,20,21). The van der Waals surface area contributed by atoms with Crippen molar-refractivity contribution >= 4 is 22.9 Å². The third-order valence-corrected chi connectivity index (χ3v) is 5.70. The third-order valence-electron chi connectivity index (χ3n) is 4.84. The first-order valence-electron chi connectivity index (χ1n) is 7.99. The Morgan fingerprint density at radius 1 is 1.09 bits per heavy atom. The molecule has 2 aromatic rings. The van der Waals surface area contributed by atoms with Crippen molar-refractivity contribution < 1.29 is 0 Å². The van der Waals surface area contributed by atoms with Gasteiger partial charge in [0.1, 0.15) is 5.84 Å². The van der Waals surface area contributed by atoms with Crippen LogP contribution >= 0.6 is 11.3 Å². The number of fused-ring (bicyclic) bond motifs is 1. The molecule has 2 N–H and O–H groups in total. The molecule has 0 aliphatic carbocycles. The van der Waals surface area contributed by atoms with Crippen molar-refractivity contribution in [2.75, 3.05) is 18.4 Å². The van der Waals surface area contributed by atoms with Crippen LogP contribution in [0.5, 0.6) is 0 Å². The lowest BCUT2D eigenvalue weighted by Crippen LogP contribution is -2.48. The van der Waals surface area contributed by atoms with Gasteiger partial charge in [-0.3, -0.25) is 4.99 Å². The van der Waals surface area contributed by atoms with Gasteiger partial charge in [-0.1, -0.05) is 24.3 Å². The zero-order valence-corrected chi connectivity index (χ0v) is 13.5. The van der Waals surface area contributed by atoms with Gasteiger partial charge in [0.2, 0.25) is 0 Å². The largest absolute Gasteiger partial charge is 0.343 e. The maximum absolute atomic E-state index is 4.99. The van der Waals surface area contributed by atoms with Crippen molar-refractivity contribution in [3.05, 3.63) is 52.2 Å². The molecule has 0 bridgehead atoms. The Balaban J connectivity index is 1.68. The van der Waals surface area contributed by atoms with E-state index in [4.69, 9.17) is 4.99 Å². The fourth-order valence-electron chi connectivity index (χ4n) is 3.59. The van der Waals surface area contributed by atoms with Crippen LogP contribution in [0.15, 0.2) is 46.8 Å². The van der Waals surface area contributed by atoms with Gasteiger partial charge in [-0.15, -0.1) is 11.3 Å². The Kier molecular flexibility index (Phi) is 3.72. The maximum Gasteiger partial charge on any atom is 0.108 e. The molecule has 4 rings (SSSR count). The van der Waals surface area contributed by atoms with Crippen molar-refractivity contribution in [2.45, 2.75) is 25.8 Å². The zero-order chi connectivity index (χ0) is 14.8. The molecule has 1 aromatic heterocycles. The molecule has 0 atom stereocenters. The van der Waals surface area contributed by atoms with Crippen LogP contribution in [0.2, 0.25) is 0 Å². The van der Waals surface area contributed by atoms with Gasteiger partial charge in [-0.05, 0) is 55.4 Å². The normalized spacial score (nSPS) is 21.5. The lowest BCUT2D eigenvalue weighted by molar-refractivity contribution is 0.293. The van der Waals surface area contributed by atoms with Gasteiger partial charge in [0, 0.05) is 16.0 Å². The molecule has 3 heterocycles. The number of aliphatic imine (C=N–C) groups is 1. The van der Waals surface area contributed by atoms with Gasteiger partial charge in [-0.2, -0.15) is 0 Å². The van der Waals surface area contributed by atoms with E-state index in [-0.39, 0.29) is 5.41 Å². The molecule has 1 aromatic carbocycles. The lowest BCUT2D eigenvalue weighted by atomic mass is 9.71. The van der Waals surface area contributed by atoms with Gasteiger partial charge in [0.15, 0.2) is 0 Å². The van der Waals surface area contributed by atoms with E-state index in [0.29, 0.717) is 0 Å². The van der Waals surface area contributed by atoms with Crippen molar-refractivity contribution in [3.8, 4) is 0 Å². The Bertz CT molecular complexity index is 669. The molecule has 0 saturated carbocycles. The summed E-state index contributed by atoms with van der Waals surface area (Å²) in [7, 11) is 0. The summed E-state index contributed by atoms with van der Waals surface area (Å²) in [6.45, 7) is 2.96. The van der Waals surface area contributed by atoms with Gasteiger partial charge >= 0.3 is 0 Å². The molecular formula is C18H21N3S. The monoisotopic (exact) mass is 311 g/mol. The summed E-state index contributed by atoms with van der Waals surface area (Å²) in [6.07, 6.45) is 3.44. The van der Waals surface area contributed by atoms with E-state index in [0.717, 1.165) is 38.9 Å². The van der Waals surface area contributed by atoms with E-state index < -0.39 is 0 Å². The summed E-state index contributed by atoms with van der Waals surface area (Å²) in [5.74, 6) is 1.20. The van der Waals surface area contributed by atoms with Crippen LogP contribution < -0.4 is 10.6 Å². The van der Waals surface area contributed by atoms with Crippen molar-refractivity contribution in [3.63, 3.8) is 0 Å². The number of rotatable bonds is 2. The van der Waals surface area contributed by atoms with E-state index >= 15 is 0 Å². The van der Waals surface area contributed by atoms with Crippen LogP contribution in [-0.2, 0) is 13.0 Å². The molecule has 2 aliphatic rings. The minimum Gasteiger partial charge on any atom is -0.343 e. The molecule has 1 fully saturated rings. The first-order valence-corrected chi connectivity index (χ1v) is 8.87. The Morgan fingerprint density at radius 2 is 1.95 bits per heavy atom. The molecule has 22 heavy (non-hydrogen) atoms. The predicted molar refractivity (Wildman–Crippen MR) is 93.8 cm³/mol. The number of thiophene rings is 1. The number of hydrogen-bond donors (Lipinski definition) is 2. The molecule has 4 heteroatoms. The van der Waals surface area contributed by atoms with Crippen LogP contribution in [0.4, 0.5) is 5.69 Å². The quantitative estimate of drug-likeness (QED) is 0.887. The number of piperidine rings is 1. The number of nitrogens with one attached hydrogen (secondary N) is 2. The summed E-state index contributed by atoms with van der Waals surface area (Å²) in [5, 5.41) is 9.26. The fourth-order valence-corrected chi connectivity index (χ4v) is 4.22. The molecule has 0 radical (unpaired) electrons. The highest BCUT2D eigenvalue weighted by Crippen LogP contribution is 2.40. The SMILES string of the molecule is c1csc(CN=C2Nc3ccccc3CC23CCNCC3)c1. The van der Waals surface area contributed by atoms with Crippen LogP contribution in [0.3, 0.4) is 0 Å². The molecule has 1 spiro atoms. The average Bonchev–Trinajstić information content (AvgIpc) is 3.07. The first-order chi connectivity index (χ1) is 10.9. The van der Waals surface area contributed by atoms with E-state index in [1.807, 2.05) is 0 Å².